The lowest BCUT2D eigenvalue weighted by Crippen LogP contribution is -2.16. The first-order chi connectivity index (χ1) is 12.5. The van der Waals surface area contributed by atoms with Crippen LogP contribution in [0.15, 0.2) is 54.6 Å². The standard InChI is InChI=1S/C20H20F2N4/c1-3-13(2)23-20-25-18(14-7-5-4-6-8-14)12-19(26-20)24-17-10-9-15(21)11-16(17)22/h4-13H,3H2,1-2H3,(H2,23,24,25,26)/t13-/m1/s1. The lowest BCUT2D eigenvalue weighted by Gasteiger charge is -2.15. The predicted molar refractivity (Wildman–Crippen MR) is 100 cm³/mol. The average molecular weight is 354 g/mol. The molecule has 1 heterocycles. The van der Waals surface area contributed by atoms with Crippen LogP contribution in [0.5, 0.6) is 0 Å². The van der Waals surface area contributed by atoms with Crippen molar-refractivity contribution in [2.24, 2.45) is 0 Å². The van der Waals surface area contributed by atoms with Crippen molar-refractivity contribution in [3.8, 4) is 11.3 Å². The third kappa shape index (κ3) is 4.33. The Labute approximate surface area is 151 Å². The second-order valence-electron chi connectivity index (χ2n) is 6.03. The number of benzene rings is 2. The molecule has 0 unspecified atom stereocenters. The molecule has 0 radical (unpaired) electrons. The van der Waals surface area contributed by atoms with Crippen molar-refractivity contribution in [2.45, 2.75) is 26.3 Å². The zero-order valence-corrected chi connectivity index (χ0v) is 14.6. The molecule has 0 spiro atoms. The zero-order valence-electron chi connectivity index (χ0n) is 14.6. The second-order valence-corrected chi connectivity index (χ2v) is 6.03. The minimum Gasteiger partial charge on any atom is -0.352 e. The molecule has 6 heteroatoms. The van der Waals surface area contributed by atoms with Gasteiger partial charge in [-0.15, -0.1) is 0 Å². The lowest BCUT2D eigenvalue weighted by molar-refractivity contribution is 0.586. The Kier molecular flexibility index (Phi) is 5.41. The number of aromatic nitrogens is 2. The van der Waals surface area contributed by atoms with E-state index >= 15 is 0 Å². The molecule has 26 heavy (non-hydrogen) atoms. The first-order valence-corrected chi connectivity index (χ1v) is 8.48. The molecule has 134 valence electrons. The van der Waals surface area contributed by atoms with Crippen molar-refractivity contribution in [3.05, 3.63) is 66.2 Å². The van der Waals surface area contributed by atoms with E-state index < -0.39 is 11.6 Å². The molecule has 2 aromatic carbocycles. The van der Waals surface area contributed by atoms with E-state index in [1.807, 2.05) is 37.3 Å². The van der Waals surface area contributed by atoms with Gasteiger partial charge in [-0.3, -0.25) is 0 Å². The quantitative estimate of drug-likeness (QED) is 0.624. The molecule has 0 aliphatic heterocycles. The van der Waals surface area contributed by atoms with Crippen molar-refractivity contribution < 1.29 is 8.78 Å². The highest BCUT2D eigenvalue weighted by atomic mass is 19.1. The molecule has 1 atom stereocenters. The Morgan fingerprint density at radius 2 is 1.77 bits per heavy atom. The van der Waals surface area contributed by atoms with Crippen LogP contribution >= 0.6 is 0 Å². The summed E-state index contributed by atoms with van der Waals surface area (Å²) in [6.07, 6.45) is 0.911. The van der Waals surface area contributed by atoms with Crippen LogP contribution in [-0.2, 0) is 0 Å². The Hall–Kier alpha value is -3.02. The van der Waals surface area contributed by atoms with Crippen molar-refractivity contribution >= 4 is 17.5 Å². The van der Waals surface area contributed by atoms with E-state index in [1.165, 1.54) is 12.1 Å². The fourth-order valence-corrected chi connectivity index (χ4v) is 2.38. The van der Waals surface area contributed by atoms with Crippen LogP contribution in [0.1, 0.15) is 20.3 Å². The van der Waals surface area contributed by atoms with Gasteiger partial charge in [0.25, 0.3) is 0 Å². The highest BCUT2D eigenvalue weighted by Crippen LogP contribution is 2.25. The van der Waals surface area contributed by atoms with E-state index in [4.69, 9.17) is 0 Å². The van der Waals surface area contributed by atoms with Crippen LogP contribution in [0.25, 0.3) is 11.3 Å². The second kappa shape index (κ2) is 7.91. The number of hydrogen-bond donors (Lipinski definition) is 2. The predicted octanol–water partition coefficient (Wildman–Crippen LogP) is 5.38. The van der Waals surface area contributed by atoms with Gasteiger partial charge in [-0.2, -0.15) is 4.98 Å². The van der Waals surface area contributed by atoms with E-state index in [2.05, 4.69) is 27.5 Å². The van der Waals surface area contributed by atoms with Gasteiger partial charge in [-0.25, -0.2) is 13.8 Å². The van der Waals surface area contributed by atoms with Crippen LogP contribution < -0.4 is 10.6 Å². The summed E-state index contributed by atoms with van der Waals surface area (Å²) >= 11 is 0. The molecular weight excluding hydrogens is 334 g/mol. The molecule has 2 N–H and O–H groups in total. The van der Waals surface area contributed by atoms with Crippen LogP contribution in [0.3, 0.4) is 0 Å². The summed E-state index contributed by atoms with van der Waals surface area (Å²) < 4.78 is 27.1. The Morgan fingerprint density at radius 3 is 2.46 bits per heavy atom. The number of nitrogens with zero attached hydrogens (tertiary/aromatic N) is 2. The van der Waals surface area contributed by atoms with Crippen LogP contribution in [0.2, 0.25) is 0 Å². The van der Waals surface area contributed by atoms with Crippen LogP contribution in [-0.4, -0.2) is 16.0 Å². The molecule has 0 fully saturated rings. The zero-order chi connectivity index (χ0) is 18.5. The number of nitrogens with one attached hydrogen (secondary N) is 2. The smallest absolute Gasteiger partial charge is 0.225 e. The summed E-state index contributed by atoms with van der Waals surface area (Å²) in [5.41, 5.74) is 1.78. The molecule has 0 aliphatic rings. The van der Waals surface area contributed by atoms with Gasteiger partial charge in [0.1, 0.15) is 17.5 Å². The van der Waals surface area contributed by atoms with E-state index in [0.717, 1.165) is 18.1 Å². The maximum absolute atomic E-state index is 14.0. The number of rotatable bonds is 6. The van der Waals surface area contributed by atoms with Crippen molar-refractivity contribution in [1.29, 1.82) is 0 Å². The van der Waals surface area contributed by atoms with Crippen molar-refractivity contribution in [3.63, 3.8) is 0 Å². The van der Waals surface area contributed by atoms with Gasteiger partial charge in [-0.05, 0) is 25.5 Å². The van der Waals surface area contributed by atoms with Crippen LogP contribution in [0.4, 0.5) is 26.2 Å². The van der Waals surface area contributed by atoms with Crippen molar-refractivity contribution in [2.75, 3.05) is 10.6 Å². The van der Waals surface area contributed by atoms with E-state index in [1.54, 1.807) is 6.07 Å². The molecule has 3 rings (SSSR count). The molecule has 4 nitrogen and oxygen atoms in total. The molecule has 0 amide bonds. The summed E-state index contributed by atoms with van der Waals surface area (Å²) in [6.45, 7) is 4.09. The first kappa shape index (κ1) is 17.8. The molecule has 0 saturated heterocycles. The fraction of sp³-hybridized carbons (Fsp3) is 0.200. The van der Waals surface area contributed by atoms with E-state index in [-0.39, 0.29) is 11.7 Å². The summed E-state index contributed by atoms with van der Waals surface area (Å²) in [4.78, 5) is 8.97. The third-order valence-corrected chi connectivity index (χ3v) is 3.98. The fourth-order valence-electron chi connectivity index (χ4n) is 2.38. The van der Waals surface area contributed by atoms with Gasteiger partial charge in [0.15, 0.2) is 0 Å². The average Bonchev–Trinajstić information content (AvgIpc) is 2.64. The number of anilines is 3. The summed E-state index contributed by atoms with van der Waals surface area (Å²) in [7, 11) is 0. The maximum Gasteiger partial charge on any atom is 0.225 e. The summed E-state index contributed by atoms with van der Waals surface area (Å²) in [6, 6.07) is 15.0. The van der Waals surface area contributed by atoms with E-state index in [0.29, 0.717) is 17.5 Å². The maximum atomic E-state index is 14.0. The SMILES string of the molecule is CC[C@@H](C)Nc1nc(Nc2ccc(F)cc2F)cc(-c2ccccc2)n1. The summed E-state index contributed by atoms with van der Waals surface area (Å²) in [5.74, 6) is -0.429. The molecule has 0 bridgehead atoms. The largest absolute Gasteiger partial charge is 0.352 e. The van der Waals surface area contributed by atoms with E-state index in [9.17, 15) is 8.78 Å². The van der Waals surface area contributed by atoms with Gasteiger partial charge in [0.2, 0.25) is 5.95 Å². The Balaban J connectivity index is 1.98. The molecule has 1 aromatic heterocycles. The Morgan fingerprint density at radius 1 is 1.00 bits per heavy atom. The first-order valence-electron chi connectivity index (χ1n) is 8.48. The molecular formula is C20H20F2N4. The van der Waals surface area contributed by atoms with Gasteiger partial charge in [0, 0.05) is 23.7 Å². The number of hydrogen-bond acceptors (Lipinski definition) is 4. The van der Waals surface area contributed by atoms with Crippen molar-refractivity contribution in [1.82, 2.24) is 9.97 Å². The van der Waals surface area contributed by atoms with Gasteiger partial charge >= 0.3 is 0 Å². The third-order valence-electron chi connectivity index (χ3n) is 3.98. The lowest BCUT2D eigenvalue weighted by atomic mass is 10.1. The molecule has 0 saturated carbocycles. The molecule has 0 aliphatic carbocycles. The minimum atomic E-state index is -0.679. The van der Waals surface area contributed by atoms with Crippen LogP contribution in [0, 0.1) is 11.6 Å². The van der Waals surface area contributed by atoms with Gasteiger partial charge < -0.3 is 10.6 Å². The highest BCUT2D eigenvalue weighted by molar-refractivity contribution is 5.67. The summed E-state index contributed by atoms with van der Waals surface area (Å²) in [5, 5.41) is 6.14. The number of halogens is 2. The topological polar surface area (TPSA) is 49.8 Å². The monoisotopic (exact) mass is 354 g/mol. The Bertz CT molecular complexity index is 884. The van der Waals surface area contributed by atoms with Gasteiger partial charge in [0.05, 0.1) is 11.4 Å². The van der Waals surface area contributed by atoms with Gasteiger partial charge in [-0.1, -0.05) is 37.3 Å². The molecule has 3 aromatic rings. The normalized spacial score (nSPS) is 11.8. The highest BCUT2D eigenvalue weighted by Gasteiger charge is 2.11. The minimum absolute atomic E-state index is 0.151.